The minimum Gasteiger partial charge on any atom is -0.347 e. The molecule has 0 aliphatic carbocycles. The molecule has 1 aliphatic rings. The highest BCUT2D eigenvalue weighted by atomic mass is 35.5. The molecule has 3 heterocycles. The fourth-order valence-corrected chi connectivity index (χ4v) is 5.29. The first-order chi connectivity index (χ1) is 11.3. The lowest BCUT2D eigenvalue weighted by molar-refractivity contribution is 0.0931. The summed E-state index contributed by atoms with van der Waals surface area (Å²) in [5.74, 6) is -0.785. The normalized spacial score (nSPS) is 20.8. The Kier molecular flexibility index (Phi) is 4.68. The van der Waals surface area contributed by atoms with Crippen molar-refractivity contribution in [3.8, 4) is 0 Å². The average molecular weight is 369 g/mol. The van der Waals surface area contributed by atoms with E-state index in [0.29, 0.717) is 17.0 Å². The van der Waals surface area contributed by atoms with Crippen molar-refractivity contribution in [2.24, 2.45) is 0 Å². The van der Waals surface area contributed by atoms with Gasteiger partial charge in [-0.1, -0.05) is 31.1 Å². The van der Waals surface area contributed by atoms with Crippen LogP contribution in [0.2, 0.25) is 24.2 Å². The second kappa shape index (κ2) is 6.46. The number of hydrogen-bond acceptors (Lipinski definition) is 3. The van der Waals surface area contributed by atoms with Gasteiger partial charge < -0.3 is 15.3 Å². The SMILES string of the molecule is Cc1nc2[nH]c(C(=O)N[C@@H]3CCC[Si](C)(C)NC3)cc2c(F)c1Cl. The summed E-state index contributed by atoms with van der Waals surface area (Å²) in [6, 6.07) is 2.76. The first-order valence-electron chi connectivity index (χ1n) is 8.17. The van der Waals surface area contributed by atoms with E-state index < -0.39 is 14.1 Å². The van der Waals surface area contributed by atoms with Gasteiger partial charge in [-0.25, -0.2) is 9.37 Å². The minimum atomic E-state index is -1.34. The average Bonchev–Trinajstić information content (AvgIpc) is 2.86. The van der Waals surface area contributed by atoms with E-state index >= 15 is 0 Å². The summed E-state index contributed by atoms with van der Waals surface area (Å²) in [6.07, 6.45) is 2.06. The molecule has 130 valence electrons. The number of pyridine rings is 1. The molecular weight excluding hydrogens is 347 g/mol. The predicted molar refractivity (Wildman–Crippen MR) is 96.6 cm³/mol. The number of aromatic amines is 1. The molecule has 0 aromatic carbocycles. The van der Waals surface area contributed by atoms with Gasteiger partial charge in [-0.05, 0) is 25.5 Å². The van der Waals surface area contributed by atoms with Crippen molar-refractivity contribution in [2.75, 3.05) is 6.54 Å². The van der Waals surface area contributed by atoms with Gasteiger partial charge >= 0.3 is 0 Å². The van der Waals surface area contributed by atoms with Crippen LogP contribution in [0.15, 0.2) is 6.07 Å². The van der Waals surface area contributed by atoms with Crippen LogP contribution in [0.1, 0.15) is 29.0 Å². The quantitative estimate of drug-likeness (QED) is 0.712. The van der Waals surface area contributed by atoms with Gasteiger partial charge in [0.2, 0.25) is 0 Å². The van der Waals surface area contributed by atoms with Crippen molar-refractivity contribution in [1.29, 1.82) is 0 Å². The lowest BCUT2D eigenvalue weighted by atomic mass is 10.1. The van der Waals surface area contributed by atoms with Crippen LogP contribution in [-0.4, -0.2) is 36.7 Å². The molecule has 2 aromatic rings. The summed E-state index contributed by atoms with van der Waals surface area (Å²) in [7, 11) is -1.34. The van der Waals surface area contributed by atoms with E-state index in [1.54, 1.807) is 6.92 Å². The fraction of sp³-hybridized carbons (Fsp3) is 0.500. The van der Waals surface area contributed by atoms with Crippen molar-refractivity contribution < 1.29 is 9.18 Å². The third kappa shape index (κ3) is 3.48. The van der Waals surface area contributed by atoms with E-state index in [-0.39, 0.29) is 22.4 Å². The standard InChI is InChI=1S/C16H22ClFN4OSi/c1-9-13(17)14(18)11-7-12(22-15(11)20-9)16(23)21-10-5-4-6-24(2,3)19-8-10/h7,10,19H,4-6,8H2,1-3H3,(H,20,22)(H,21,23)/t10-/m1/s1. The van der Waals surface area contributed by atoms with Crippen molar-refractivity contribution >= 4 is 36.8 Å². The Morgan fingerprint density at radius 1 is 1.50 bits per heavy atom. The number of H-pyrrole nitrogens is 1. The van der Waals surface area contributed by atoms with Gasteiger partial charge in [-0.3, -0.25) is 4.79 Å². The Morgan fingerprint density at radius 3 is 3.00 bits per heavy atom. The lowest BCUT2D eigenvalue weighted by Gasteiger charge is -2.22. The van der Waals surface area contributed by atoms with Crippen molar-refractivity contribution in [2.45, 2.75) is 44.9 Å². The second-order valence-electron chi connectivity index (χ2n) is 7.10. The Morgan fingerprint density at radius 2 is 2.25 bits per heavy atom. The maximum absolute atomic E-state index is 14.2. The van der Waals surface area contributed by atoms with Gasteiger partial charge in [0, 0.05) is 12.6 Å². The first-order valence-corrected chi connectivity index (χ1v) is 11.8. The summed E-state index contributed by atoms with van der Waals surface area (Å²) < 4.78 is 14.2. The topological polar surface area (TPSA) is 69.8 Å². The maximum atomic E-state index is 14.2. The molecule has 2 aromatic heterocycles. The predicted octanol–water partition coefficient (Wildman–Crippen LogP) is 3.35. The molecule has 8 heteroatoms. The number of amides is 1. The van der Waals surface area contributed by atoms with E-state index in [4.69, 9.17) is 11.6 Å². The van der Waals surface area contributed by atoms with Gasteiger partial charge in [0.15, 0.2) is 5.82 Å². The number of aromatic nitrogens is 2. The summed E-state index contributed by atoms with van der Waals surface area (Å²) in [6.45, 7) is 7.02. The highest BCUT2D eigenvalue weighted by Crippen LogP contribution is 2.26. The molecule has 5 nitrogen and oxygen atoms in total. The molecule has 0 radical (unpaired) electrons. The van der Waals surface area contributed by atoms with E-state index in [1.165, 1.54) is 12.1 Å². The number of carbonyl (C=O) groups is 1. The van der Waals surface area contributed by atoms with Gasteiger partial charge in [-0.2, -0.15) is 0 Å². The van der Waals surface area contributed by atoms with Crippen LogP contribution in [0.4, 0.5) is 4.39 Å². The van der Waals surface area contributed by atoms with Crippen LogP contribution < -0.4 is 10.3 Å². The zero-order chi connectivity index (χ0) is 17.5. The summed E-state index contributed by atoms with van der Waals surface area (Å²) in [5.41, 5.74) is 1.04. The largest absolute Gasteiger partial charge is 0.347 e. The Labute approximate surface area is 146 Å². The molecule has 0 bridgehead atoms. The van der Waals surface area contributed by atoms with Crippen LogP contribution in [-0.2, 0) is 0 Å². The molecule has 0 unspecified atom stereocenters. The number of nitrogens with one attached hydrogen (secondary N) is 3. The summed E-state index contributed by atoms with van der Waals surface area (Å²) in [5, 5.41) is 3.26. The summed E-state index contributed by atoms with van der Waals surface area (Å²) >= 11 is 5.89. The van der Waals surface area contributed by atoms with Gasteiger partial charge in [-0.15, -0.1) is 0 Å². The minimum absolute atomic E-state index is 0.00591. The molecule has 1 fully saturated rings. The van der Waals surface area contributed by atoms with Crippen molar-refractivity contribution in [3.63, 3.8) is 0 Å². The van der Waals surface area contributed by atoms with Crippen LogP contribution >= 0.6 is 11.6 Å². The van der Waals surface area contributed by atoms with E-state index in [0.717, 1.165) is 19.4 Å². The molecule has 3 N–H and O–H groups in total. The number of rotatable bonds is 2. The zero-order valence-corrected chi connectivity index (χ0v) is 15.9. The Bertz CT molecular complexity index is 792. The van der Waals surface area contributed by atoms with Crippen LogP contribution in [0.25, 0.3) is 11.0 Å². The molecule has 1 aliphatic heterocycles. The molecule has 0 spiro atoms. The highest BCUT2D eigenvalue weighted by Gasteiger charge is 2.27. The molecule has 24 heavy (non-hydrogen) atoms. The number of hydrogen-bond donors (Lipinski definition) is 3. The Hall–Kier alpha value is -1.44. The second-order valence-corrected chi connectivity index (χ2v) is 12.1. The van der Waals surface area contributed by atoms with Crippen molar-refractivity contribution in [3.05, 3.63) is 28.3 Å². The van der Waals surface area contributed by atoms with Crippen LogP contribution in [0.3, 0.4) is 0 Å². The molecule has 3 rings (SSSR count). The molecule has 1 amide bonds. The maximum Gasteiger partial charge on any atom is 0.268 e. The van der Waals surface area contributed by atoms with Crippen LogP contribution in [0, 0.1) is 12.7 Å². The third-order valence-electron chi connectivity index (χ3n) is 4.58. The van der Waals surface area contributed by atoms with Gasteiger partial charge in [0.1, 0.15) is 19.6 Å². The van der Waals surface area contributed by atoms with Gasteiger partial charge in [0.05, 0.1) is 16.1 Å². The summed E-state index contributed by atoms with van der Waals surface area (Å²) in [4.78, 5) is 23.2. The van der Waals surface area contributed by atoms with E-state index in [2.05, 4.69) is 33.4 Å². The molecule has 1 atom stereocenters. The monoisotopic (exact) mass is 368 g/mol. The number of fused-ring (bicyclic) bond motifs is 1. The van der Waals surface area contributed by atoms with E-state index in [9.17, 15) is 9.18 Å². The Balaban J connectivity index is 1.78. The fourth-order valence-electron chi connectivity index (χ4n) is 3.08. The van der Waals surface area contributed by atoms with Gasteiger partial charge in [0.25, 0.3) is 5.91 Å². The van der Waals surface area contributed by atoms with E-state index in [1.807, 2.05) is 0 Å². The smallest absolute Gasteiger partial charge is 0.268 e. The van der Waals surface area contributed by atoms with Crippen molar-refractivity contribution in [1.82, 2.24) is 20.3 Å². The molecule has 0 saturated carbocycles. The number of halogens is 2. The number of aryl methyl sites for hydroxylation is 1. The number of carbonyl (C=O) groups excluding carboxylic acids is 1. The first kappa shape index (κ1) is 17.4. The highest BCUT2D eigenvalue weighted by molar-refractivity contribution is 6.75. The van der Waals surface area contributed by atoms with Crippen LogP contribution in [0.5, 0.6) is 0 Å². The zero-order valence-electron chi connectivity index (χ0n) is 14.1. The third-order valence-corrected chi connectivity index (χ3v) is 7.79. The molecule has 1 saturated heterocycles. The number of nitrogens with zero attached hydrogens (tertiary/aromatic N) is 1. The lowest BCUT2D eigenvalue weighted by Crippen LogP contribution is -2.49. The molecular formula is C16H22ClFN4OSi.